The fourth-order valence-corrected chi connectivity index (χ4v) is 2.64. The van der Waals surface area contributed by atoms with Crippen molar-refractivity contribution in [3.8, 4) is 0 Å². The van der Waals surface area contributed by atoms with Crippen molar-refractivity contribution in [1.29, 1.82) is 0 Å². The van der Waals surface area contributed by atoms with E-state index in [1.54, 1.807) is 0 Å². The van der Waals surface area contributed by atoms with Crippen LogP contribution in [0.25, 0.3) is 0 Å². The van der Waals surface area contributed by atoms with Crippen LogP contribution in [0.2, 0.25) is 0 Å². The van der Waals surface area contributed by atoms with E-state index in [9.17, 15) is 4.79 Å². The Morgan fingerprint density at radius 3 is 2.81 bits per heavy atom. The first-order valence-corrected chi connectivity index (χ1v) is 7.72. The van der Waals surface area contributed by atoms with Gasteiger partial charge in [-0.05, 0) is 18.9 Å². The Morgan fingerprint density at radius 1 is 1.38 bits per heavy atom. The summed E-state index contributed by atoms with van der Waals surface area (Å²) in [6.45, 7) is 7.47. The smallest absolute Gasteiger partial charge is 0.222 e. The van der Waals surface area contributed by atoms with Gasteiger partial charge in [0.2, 0.25) is 5.91 Å². The molecule has 1 aliphatic heterocycles. The van der Waals surface area contributed by atoms with Gasteiger partial charge in [0.15, 0.2) is 6.10 Å². The van der Waals surface area contributed by atoms with Crippen LogP contribution in [0.3, 0.4) is 0 Å². The van der Waals surface area contributed by atoms with Crippen LogP contribution in [0.4, 0.5) is 0 Å². The Labute approximate surface area is 126 Å². The highest BCUT2D eigenvalue weighted by Crippen LogP contribution is 2.20. The molecule has 0 fully saturated rings. The number of amides is 1. The predicted octanol–water partition coefficient (Wildman–Crippen LogP) is 3.14. The highest BCUT2D eigenvalue weighted by molar-refractivity contribution is 6.02. The monoisotopic (exact) mass is 288 g/mol. The molecule has 0 N–H and O–H groups in total. The molecule has 1 unspecified atom stereocenters. The Balaban J connectivity index is 1.98. The first-order chi connectivity index (χ1) is 10.2. The normalized spacial score (nSPS) is 17.3. The van der Waals surface area contributed by atoms with Crippen LogP contribution in [-0.2, 0) is 9.63 Å². The van der Waals surface area contributed by atoms with Crippen molar-refractivity contribution in [2.75, 3.05) is 13.1 Å². The Hall–Kier alpha value is -1.84. The molecule has 4 heteroatoms. The van der Waals surface area contributed by atoms with Crippen LogP contribution >= 0.6 is 0 Å². The molecule has 2 rings (SSSR count). The number of nitrogens with zero attached hydrogens (tertiary/aromatic N) is 2. The number of hydrogen-bond donors (Lipinski definition) is 0. The summed E-state index contributed by atoms with van der Waals surface area (Å²) in [4.78, 5) is 19.4. The molecular weight excluding hydrogens is 264 g/mol. The second kappa shape index (κ2) is 7.25. The highest BCUT2D eigenvalue weighted by Gasteiger charge is 2.26. The fraction of sp³-hybridized carbons (Fsp3) is 0.529. The minimum atomic E-state index is -0.0262. The molecule has 21 heavy (non-hydrogen) atoms. The van der Waals surface area contributed by atoms with Gasteiger partial charge in [0, 0.05) is 24.9 Å². The third-order valence-electron chi connectivity index (χ3n) is 3.76. The van der Waals surface area contributed by atoms with Gasteiger partial charge in [0.1, 0.15) is 0 Å². The summed E-state index contributed by atoms with van der Waals surface area (Å²) < 4.78 is 0. The van der Waals surface area contributed by atoms with Gasteiger partial charge in [0.05, 0.1) is 12.3 Å². The molecule has 1 aromatic rings. The summed E-state index contributed by atoms with van der Waals surface area (Å²) in [6, 6.07) is 8.19. The molecule has 0 spiro atoms. The molecular formula is C17H24N2O2. The molecule has 0 radical (unpaired) electrons. The van der Waals surface area contributed by atoms with Gasteiger partial charge in [-0.15, -0.1) is 0 Å². The average Bonchev–Trinajstić information content (AvgIpc) is 2.95. The summed E-state index contributed by atoms with van der Waals surface area (Å²) in [5.41, 5.74) is 3.33. The summed E-state index contributed by atoms with van der Waals surface area (Å²) in [5, 5.41) is 4.23. The van der Waals surface area contributed by atoms with Gasteiger partial charge in [-0.25, -0.2) is 0 Å². The maximum Gasteiger partial charge on any atom is 0.222 e. The zero-order valence-corrected chi connectivity index (χ0v) is 13.1. The molecule has 0 bridgehead atoms. The van der Waals surface area contributed by atoms with Gasteiger partial charge in [-0.2, -0.15) is 0 Å². The molecule has 0 saturated heterocycles. The topological polar surface area (TPSA) is 41.9 Å². The molecule has 114 valence electrons. The lowest BCUT2D eigenvalue weighted by atomic mass is 10.0. The Kier molecular flexibility index (Phi) is 5.37. The van der Waals surface area contributed by atoms with E-state index in [4.69, 9.17) is 4.84 Å². The molecule has 0 aliphatic carbocycles. The number of carbonyl (C=O) groups is 1. The molecule has 1 atom stereocenters. The number of carbonyl (C=O) groups excluding carboxylic acids is 1. The van der Waals surface area contributed by atoms with E-state index in [0.717, 1.165) is 30.7 Å². The summed E-state index contributed by atoms with van der Waals surface area (Å²) in [6.07, 6.45) is 2.24. The molecule has 1 aromatic carbocycles. The molecule has 0 saturated carbocycles. The Bertz CT molecular complexity index is 525. The molecule has 4 nitrogen and oxygen atoms in total. The SMILES string of the molecule is CCCN(CC1CC(c2ccccc2C)=NO1)C(=O)CC. The van der Waals surface area contributed by atoms with E-state index in [1.165, 1.54) is 5.56 Å². The zero-order chi connectivity index (χ0) is 15.2. The van der Waals surface area contributed by atoms with Gasteiger partial charge in [0.25, 0.3) is 0 Å². The standard InChI is InChI=1S/C17H24N2O2/c1-4-10-19(17(20)5-2)12-14-11-16(18-21-14)15-9-7-6-8-13(15)3/h6-9,14H,4-5,10-12H2,1-3H3. The first-order valence-electron chi connectivity index (χ1n) is 7.72. The van der Waals surface area contributed by atoms with Crippen molar-refractivity contribution < 1.29 is 9.63 Å². The Morgan fingerprint density at radius 2 is 2.14 bits per heavy atom. The number of rotatable bonds is 6. The second-order valence-corrected chi connectivity index (χ2v) is 5.48. The zero-order valence-electron chi connectivity index (χ0n) is 13.1. The lowest BCUT2D eigenvalue weighted by Crippen LogP contribution is -2.37. The van der Waals surface area contributed by atoms with Crippen molar-refractivity contribution in [2.45, 2.75) is 46.1 Å². The summed E-state index contributed by atoms with van der Waals surface area (Å²) >= 11 is 0. The van der Waals surface area contributed by atoms with Crippen molar-refractivity contribution in [1.82, 2.24) is 4.90 Å². The second-order valence-electron chi connectivity index (χ2n) is 5.48. The van der Waals surface area contributed by atoms with E-state index in [2.05, 4.69) is 31.1 Å². The van der Waals surface area contributed by atoms with Crippen LogP contribution in [0.1, 0.15) is 44.2 Å². The van der Waals surface area contributed by atoms with Crippen LogP contribution in [0.5, 0.6) is 0 Å². The lowest BCUT2D eigenvalue weighted by molar-refractivity contribution is -0.132. The van der Waals surface area contributed by atoms with Gasteiger partial charge in [-0.1, -0.05) is 43.3 Å². The van der Waals surface area contributed by atoms with E-state index in [-0.39, 0.29) is 12.0 Å². The van der Waals surface area contributed by atoms with Gasteiger partial charge >= 0.3 is 0 Å². The van der Waals surface area contributed by atoms with E-state index in [0.29, 0.717) is 13.0 Å². The minimum absolute atomic E-state index is 0.0262. The first kappa shape index (κ1) is 15.5. The third kappa shape index (κ3) is 3.84. The number of benzene rings is 1. The predicted molar refractivity (Wildman–Crippen MR) is 84.4 cm³/mol. The van der Waals surface area contributed by atoms with E-state index in [1.807, 2.05) is 24.0 Å². The summed E-state index contributed by atoms with van der Waals surface area (Å²) in [5.74, 6) is 0.185. The van der Waals surface area contributed by atoms with Crippen molar-refractivity contribution >= 4 is 11.6 Å². The molecule has 1 amide bonds. The van der Waals surface area contributed by atoms with Crippen LogP contribution in [-0.4, -0.2) is 35.7 Å². The average molecular weight is 288 g/mol. The molecule has 1 aliphatic rings. The van der Waals surface area contributed by atoms with Gasteiger partial charge in [-0.3, -0.25) is 4.79 Å². The van der Waals surface area contributed by atoms with Crippen molar-refractivity contribution in [3.63, 3.8) is 0 Å². The van der Waals surface area contributed by atoms with Gasteiger partial charge < -0.3 is 9.74 Å². The minimum Gasteiger partial charge on any atom is -0.390 e. The number of aryl methyl sites for hydroxylation is 1. The third-order valence-corrected chi connectivity index (χ3v) is 3.76. The van der Waals surface area contributed by atoms with Crippen LogP contribution in [0, 0.1) is 6.92 Å². The van der Waals surface area contributed by atoms with E-state index >= 15 is 0 Å². The van der Waals surface area contributed by atoms with Crippen molar-refractivity contribution in [3.05, 3.63) is 35.4 Å². The lowest BCUT2D eigenvalue weighted by Gasteiger charge is -2.23. The maximum atomic E-state index is 11.9. The highest BCUT2D eigenvalue weighted by atomic mass is 16.6. The van der Waals surface area contributed by atoms with E-state index < -0.39 is 0 Å². The maximum absolute atomic E-state index is 11.9. The van der Waals surface area contributed by atoms with Crippen molar-refractivity contribution in [2.24, 2.45) is 5.16 Å². The number of hydrogen-bond acceptors (Lipinski definition) is 3. The van der Waals surface area contributed by atoms with Crippen LogP contribution < -0.4 is 0 Å². The fourth-order valence-electron chi connectivity index (χ4n) is 2.64. The van der Waals surface area contributed by atoms with Crippen LogP contribution in [0.15, 0.2) is 29.4 Å². The largest absolute Gasteiger partial charge is 0.390 e. The molecule has 1 heterocycles. The molecule has 0 aromatic heterocycles. The summed E-state index contributed by atoms with van der Waals surface area (Å²) in [7, 11) is 0. The number of oxime groups is 1. The quantitative estimate of drug-likeness (QED) is 0.807.